The van der Waals surface area contributed by atoms with E-state index in [2.05, 4.69) is 28.6 Å². The van der Waals surface area contributed by atoms with Crippen LogP contribution in [0.1, 0.15) is 36.2 Å². The highest BCUT2D eigenvalue weighted by Gasteiger charge is 2.38. The quantitative estimate of drug-likeness (QED) is 0.882. The molecule has 2 heterocycles. The second kappa shape index (κ2) is 6.03. The largest absolute Gasteiger partial charge is 0.358 e. The van der Waals surface area contributed by atoms with Crippen molar-refractivity contribution in [3.05, 3.63) is 21.9 Å². The first-order chi connectivity index (χ1) is 9.06. The molecule has 0 saturated carbocycles. The lowest BCUT2D eigenvalue weighted by atomic mass is 10.0. The highest BCUT2D eigenvalue weighted by Crippen LogP contribution is 2.35. The van der Waals surface area contributed by atoms with Crippen LogP contribution in [0.15, 0.2) is 11.4 Å². The van der Waals surface area contributed by atoms with E-state index < -0.39 is 0 Å². The number of likely N-dealkylation sites (tertiary alicyclic amines) is 1. The van der Waals surface area contributed by atoms with Crippen molar-refractivity contribution < 1.29 is 4.79 Å². The third-order valence-electron chi connectivity index (χ3n) is 3.87. The average Bonchev–Trinajstić information content (AvgIpc) is 2.99. The number of thiophene rings is 1. The van der Waals surface area contributed by atoms with E-state index in [1.54, 1.807) is 18.4 Å². The maximum Gasteiger partial charge on any atom is 0.237 e. The lowest BCUT2D eigenvalue weighted by molar-refractivity contribution is -0.125. The minimum Gasteiger partial charge on any atom is -0.358 e. The molecule has 0 bridgehead atoms. The Balaban J connectivity index is 2.29. The van der Waals surface area contributed by atoms with Gasteiger partial charge in [0.05, 0.1) is 12.1 Å². The van der Waals surface area contributed by atoms with Crippen molar-refractivity contribution in [2.75, 3.05) is 13.6 Å². The second-order valence-corrected chi connectivity index (χ2v) is 6.23. The highest BCUT2D eigenvalue weighted by atomic mass is 32.1. The molecule has 19 heavy (non-hydrogen) atoms. The molecule has 3 unspecified atom stereocenters. The Kier molecular flexibility index (Phi) is 4.60. The smallest absolute Gasteiger partial charge is 0.237 e. The Morgan fingerprint density at radius 3 is 2.89 bits per heavy atom. The number of rotatable bonds is 4. The van der Waals surface area contributed by atoms with Gasteiger partial charge in [0.25, 0.3) is 0 Å². The van der Waals surface area contributed by atoms with Crippen molar-refractivity contribution >= 4 is 17.2 Å². The summed E-state index contributed by atoms with van der Waals surface area (Å²) in [7, 11) is 1.70. The van der Waals surface area contributed by atoms with Gasteiger partial charge >= 0.3 is 0 Å². The zero-order chi connectivity index (χ0) is 14.0. The summed E-state index contributed by atoms with van der Waals surface area (Å²) in [6, 6.07) is 2.25. The van der Waals surface area contributed by atoms with Crippen LogP contribution >= 0.6 is 11.3 Å². The molecule has 0 aliphatic carbocycles. The zero-order valence-electron chi connectivity index (χ0n) is 11.8. The number of nitrogens with two attached hydrogens (primary N) is 1. The molecule has 1 saturated heterocycles. The number of nitrogens with zero attached hydrogens (tertiary/aromatic N) is 1. The van der Waals surface area contributed by atoms with Crippen LogP contribution in [-0.4, -0.2) is 36.5 Å². The molecule has 2 rings (SSSR count). The molecule has 1 aliphatic heterocycles. The van der Waals surface area contributed by atoms with Gasteiger partial charge in [0.1, 0.15) is 0 Å². The molecular formula is C14H23N3OS. The van der Waals surface area contributed by atoms with Gasteiger partial charge in [-0.05, 0) is 50.2 Å². The van der Waals surface area contributed by atoms with Crippen molar-refractivity contribution in [3.8, 4) is 0 Å². The molecule has 1 aromatic heterocycles. The van der Waals surface area contributed by atoms with Gasteiger partial charge in [-0.15, -0.1) is 11.3 Å². The van der Waals surface area contributed by atoms with Crippen molar-refractivity contribution in [2.24, 2.45) is 5.73 Å². The van der Waals surface area contributed by atoms with Gasteiger partial charge in [0, 0.05) is 18.0 Å². The predicted octanol–water partition coefficient (Wildman–Crippen LogP) is 1.66. The van der Waals surface area contributed by atoms with Crippen LogP contribution in [0.3, 0.4) is 0 Å². The lowest BCUT2D eigenvalue weighted by Gasteiger charge is -2.34. The SMILES string of the molecule is CNC(=O)C1CCCN1C(c1sccc1C)C(C)N. The number of amides is 1. The van der Waals surface area contributed by atoms with E-state index in [9.17, 15) is 4.79 Å². The number of carbonyl (C=O) groups excluding carboxylic acids is 1. The summed E-state index contributed by atoms with van der Waals surface area (Å²) in [6.45, 7) is 5.09. The van der Waals surface area contributed by atoms with Crippen LogP contribution in [0.2, 0.25) is 0 Å². The minimum absolute atomic E-state index is 0.0163. The second-order valence-electron chi connectivity index (χ2n) is 5.28. The highest BCUT2D eigenvalue weighted by molar-refractivity contribution is 7.10. The third-order valence-corrected chi connectivity index (χ3v) is 4.96. The molecule has 106 valence electrons. The summed E-state index contributed by atoms with van der Waals surface area (Å²) >= 11 is 1.74. The molecule has 0 spiro atoms. The normalized spacial score (nSPS) is 23.3. The molecule has 5 heteroatoms. The van der Waals surface area contributed by atoms with E-state index in [1.165, 1.54) is 10.4 Å². The molecule has 3 N–H and O–H groups in total. The predicted molar refractivity (Wildman–Crippen MR) is 79.2 cm³/mol. The van der Waals surface area contributed by atoms with Gasteiger partial charge in [-0.2, -0.15) is 0 Å². The number of nitrogens with one attached hydrogen (secondary N) is 1. The van der Waals surface area contributed by atoms with E-state index in [0.29, 0.717) is 0 Å². The fourth-order valence-electron chi connectivity index (χ4n) is 2.95. The maximum absolute atomic E-state index is 12.0. The van der Waals surface area contributed by atoms with Crippen LogP contribution in [0, 0.1) is 6.92 Å². The summed E-state index contributed by atoms with van der Waals surface area (Å²) in [5.74, 6) is 0.109. The fraction of sp³-hybridized carbons (Fsp3) is 0.643. The first kappa shape index (κ1) is 14.5. The van der Waals surface area contributed by atoms with Crippen molar-refractivity contribution in [2.45, 2.75) is 44.8 Å². The van der Waals surface area contributed by atoms with Crippen LogP contribution < -0.4 is 11.1 Å². The Morgan fingerprint density at radius 2 is 2.37 bits per heavy atom. The topological polar surface area (TPSA) is 58.4 Å². The van der Waals surface area contributed by atoms with Gasteiger partial charge in [-0.25, -0.2) is 0 Å². The molecule has 1 amide bonds. The van der Waals surface area contributed by atoms with Gasteiger partial charge in [-0.3, -0.25) is 9.69 Å². The van der Waals surface area contributed by atoms with Crippen molar-refractivity contribution in [1.82, 2.24) is 10.2 Å². The molecule has 3 atom stereocenters. The van der Waals surface area contributed by atoms with Crippen LogP contribution in [0.4, 0.5) is 0 Å². The van der Waals surface area contributed by atoms with Crippen molar-refractivity contribution in [3.63, 3.8) is 0 Å². The van der Waals surface area contributed by atoms with Gasteiger partial charge in [0.15, 0.2) is 0 Å². The Morgan fingerprint density at radius 1 is 1.63 bits per heavy atom. The molecule has 4 nitrogen and oxygen atoms in total. The van der Waals surface area contributed by atoms with Crippen LogP contribution in [0.25, 0.3) is 0 Å². The molecule has 1 fully saturated rings. The maximum atomic E-state index is 12.0. The summed E-state index contributed by atoms with van der Waals surface area (Å²) < 4.78 is 0. The number of likely N-dealkylation sites (N-methyl/N-ethyl adjacent to an activating group) is 1. The standard InChI is InChI=1S/C14H23N3OS/c1-9-6-8-19-13(9)12(10(2)15)17-7-4-5-11(17)14(18)16-3/h6,8,10-12H,4-5,7,15H2,1-3H3,(H,16,18). The molecule has 0 aromatic carbocycles. The van der Waals surface area contributed by atoms with Gasteiger partial charge in [0.2, 0.25) is 5.91 Å². The van der Waals surface area contributed by atoms with E-state index in [4.69, 9.17) is 5.73 Å². The monoisotopic (exact) mass is 281 g/mol. The van der Waals surface area contributed by atoms with Gasteiger partial charge < -0.3 is 11.1 Å². The number of hydrogen-bond donors (Lipinski definition) is 2. The number of carbonyl (C=O) groups is 1. The number of aryl methyl sites for hydroxylation is 1. The Bertz CT molecular complexity index is 444. The lowest BCUT2D eigenvalue weighted by Crippen LogP contribution is -2.47. The van der Waals surface area contributed by atoms with E-state index in [-0.39, 0.29) is 24.0 Å². The fourth-order valence-corrected chi connectivity index (χ4v) is 4.11. The average molecular weight is 281 g/mol. The molecular weight excluding hydrogens is 258 g/mol. The first-order valence-electron chi connectivity index (χ1n) is 6.83. The van der Waals surface area contributed by atoms with Crippen LogP contribution in [0.5, 0.6) is 0 Å². The zero-order valence-corrected chi connectivity index (χ0v) is 12.7. The number of hydrogen-bond acceptors (Lipinski definition) is 4. The summed E-state index contributed by atoms with van der Waals surface area (Å²) in [6.07, 6.45) is 1.99. The van der Waals surface area contributed by atoms with Crippen molar-refractivity contribution in [1.29, 1.82) is 0 Å². The van der Waals surface area contributed by atoms with Crippen LogP contribution in [-0.2, 0) is 4.79 Å². The Labute approximate surface area is 119 Å². The summed E-state index contributed by atoms with van der Waals surface area (Å²) in [5, 5.41) is 4.87. The summed E-state index contributed by atoms with van der Waals surface area (Å²) in [4.78, 5) is 15.6. The minimum atomic E-state index is -0.0394. The third kappa shape index (κ3) is 2.83. The van der Waals surface area contributed by atoms with E-state index >= 15 is 0 Å². The molecule has 0 radical (unpaired) electrons. The van der Waals surface area contributed by atoms with E-state index in [1.807, 2.05) is 6.92 Å². The van der Waals surface area contributed by atoms with E-state index in [0.717, 1.165) is 19.4 Å². The molecule has 1 aromatic rings. The van der Waals surface area contributed by atoms with Gasteiger partial charge in [-0.1, -0.05) is 0 Å². The summed E-state index contributed by atoms with van der Waals surface area (Å²) in [5.41, 5.74) is 7.49. The Hall–Kier alpha value is -0.910. The molecule has 1 aliphatic rings. The first-order valence-corrected chi connectivity index (χ1v) is 7.71.